The van der Waals surface area contributed by atoms with Crippen LogP contribution in [-0.2, 0) is 22.6 Å². The van der Waals surface area contributed by atoms with Crippen molar-refractivity contribution in [3.8, 4) is 11.5 Å². The van der Waals surface area contributed by atoms with Gasteiger partial charge in [-0.2, -0.15) is 0 Å². The van der Waals surface area contributed by atoms with Crippen LogP contribution >= 0.6 is 11.6 Å². The van der Waals surface area contributed by atoms with Gasteiger partial charge in [0.1, 0.15) is 12.3 Å². The van der Waals surface area contributed by atoms with Crippen molar-refractivity contribution < 1.29 is 18.5 Å². The molecular weight excluding hydrogens is 306 g/mol. The smallest absolute Gasteiger partial charge is 0.310 e. The third kappa shape index (κ3) is 3.56. The van der Waals surface area contributed by atoms with Crippen molar-refractivity contribution in [2.24, 2.45) is 0 Å². The van der Waals surface area contributed by atoms with Crippen LogP contribution in [0.15, 0.2) is 57.7 Å². The minimum Gasteiger partial charge on any atom is -0.461 e. The van der Waals surface area contributed by atoms with E-state index in [0.29, 0.717) is 22.2 Å². The molecule has 0 N–H and O–H groups in total. The highest BCUT2D eigenvalue weighted by Gasteiger charge is 2.11. The van der Waals surface area contributed by atoms with Crippen LogP contribution in [0, 0.1) is 0 Å². The van der Waals surface area contributed by atoms with Crippen molar-refractivity contribution in [3.63, 3.8) is 0 Å². The molecule has 0 bridgehead atoms. The second-order valence-electron chi connectivity index (χ2n) is 4.62. The maximum Gasteiger partial charge on any atom is 0.310 e. The van der Waals surface area contributed by atoms with Crippen molar-refractivity contribution >= 4 is 17.6 Å². The highest BCUT2D eigenvalue weighted by molar-refractivity contribution is 6.30. The molecule has 2 heterocycles. The van der Waals surface area contributed by atoms with E-state index in [-0.39, 0.29) is 19.0 Å². The Hall–Kier alpha value is -2.53. The van der Waals surface area contributed by atoms with E-state index in [1.54, 1.807) is 48.7 Å². The van der Waals surface area contributed by atoms with E-state index in [4.69, 9.17) is 25.3 Å². The van der Waals surface area contributed by atoms with E-state index in [1.165, 1.54) is 0 Å². The lowest BCUT2D eigenvalue weighted by atomic mass is 10.1. The molecule has 0 amide bonds. The monoisotopic (exact) mass is 317 g/mol. The van der Waals surface area contributed by atoms with Gasteiger partial charge < -0.3 is 13.7 Å². The molecule has 112 valence electrons. The van der Waals surface area contributed by atoms with E-state index in [2.05, 4.69) is 5.16 Å². The normalized spacial score (nSPS) is 10.6. The fourth-order valence-electron chi connectivity index (χ4n) is 1.89. The fourth-order valence-corrected chi connectivity index (χ4v) is 2.02. The van der Waals surface area contributed by atoms with Crippen LogP contribution < -0.4 is 0 Å². The summed E-state index contributed by atoms with van der Waals surface area (Å²) in [6, 6.07) is 12.2. The van der Waals surface area contributed by atoms with E-state index in [1.807, 2.05) is 0 Å². The minimum atomic E-state index is -0.343. The number of hydrogen-bond donors (Lipinski definition) is 0. The molecule has 0 saturated carbocycles. The first-order valence-corrected chi connectivity index (χ1v) is 6.98. The number of halogens is 1. The Balaban J connectivity index is 1.54. The Labute approximate surface area is 131 Å². The second-order valence-corrected chi connectivity index (χ2v) is 5.06. The van der Waals surface area contributed by atoms with Crippen molar-refractivity contribution in [2.45, 2.75) is 13.0 Å². The predicted molar refractivity (Wildman–Crippen MR) is 79.2 cm³/mol. The lowest BCUT2D eigenvalue weighted by Gasteiger charge is -2.02. The summed E-state index contributed by atoms with van der Waals surface area (Å²) >= 11 is 5.79. The van der Waals surface area contributed by atoms with Crippen molar-refractivity contribution in [2.75, 3.05) is 0 Å². The SMILES string of the molecule is O=C(Cc1ccc(Cl)cc1)OCc1cc(-c2ccco2)on1. The topological polar surface area (TPSA) is 65.5 Å². The van der Waals surface area contributed by atoms with Gasteiger partial charge in [-0.25, -0.2) is 0 Å². The first kappa shape index (κ1) is 14.4. The number of carbonyl (C=O) groups excluding carboxylic acids is 1. The fraction of sp³-hybridized carbons (Fsp3) is 0.125. The zero-order valence-corrected chi connectivity index (χ0v) is 12.2. The molecule has 0 saturated heterocycles. The van der Waals surface area contributed by atoms with Crippen LogP contribution in [0.4, 0.5) is 0 Å². The number of ether oxygens (including phenoxy) is 1. The number of hydrogen-bond acceptors (Lipinski definition) is 5. The molecule has 6 heteroatoms. The molecule has 3 rings (SSSR count). The standard InChI is InChI=1S/C16H12ClNO4/c17-12-5-3-11(4-6-12)8-16(19)21-10-13-9-15(22-18-13)14-2-1-7-20-14/h1-7,9H,8,10H2. The quantitative estimate of drug-likeness (QED) is 0.668. The molecule has 0 aliphatic heterocycles. The van der Waals surface area contributed by atoms with E-state index < -0.39 is 0 Å². The average molecular weight is 318 g/mol. The maximum absolute atomic E-state index is 11.8. The summed E-state index contributed by atoms with van der Waals surface area (Å²) in [7, 11) is 0. The van der Waals surface area contributed by atoms with Gasteiger partial charge in [-0.05, 0) is 29.8 Å². The average Bonchev–Trinajstić information content (AvgIpc) is 3.18. The van der Waals surface area contributed by atoms with Crippen LogP contribution in [-0.4, -0.2) is 11.1 Å². The summed E-state index contributed by atoms with van der Waals surface area (Å²) in [6.45, 7) is 0.0522. The molecule has 0 fully saturated rings. The van der Waals surface area contributed by atoms with Gasteiger partial charge in [0, 0.05) is 11.1 Å². The van der Waals surface area contributed by atoms with Gasteiger partial charge in [-0.3, -0.25) is 4.79 Å². The van der Waals surface area contributed by atoms with Gasteiger partial charge in [0.25, 0.3) is 0 Å². The molecule has 0 aliphatic rings. The third-order valence-corrected chi connectivity index (χ3v) is 3.22. The number of esters is 1. The van der Waals surface area contributed by atoms with Gasteiger partial charge >= 0.3 is 5.97 Å². The largest absolute Gasteiger partial charge is 0.461 e. The van der Waals surface area contributed by atoms with E-state index in [0.717, 1.165) is 5.56 Å². The zero-order chi connectivity index (χ0) is 15.4. The Bertz CT molecular complexity index is 747. The zero-order valence-electron chi connectivity index (χ0n) is 11.5. The van der Waals surface area contributed by atoms with Crippen molar-refractivity contribution in [1.29, 1.82) is 0 Å². The number of benzene rings is 1. The lowest BCUT2D eigenvalue weighted by molar-refractivity contribution is -0.144. The van der Waals surface area contributed by atoms with Gasteiger partial charge in [-0.1, -0.05) is 28.9 Å². The maximum atomic E-state index is 11.8. The Morgan fingerprint density at radius 1 is 1.18 bits per heavy atom. The van der Waals surface area contributed by atoms with Gasteiger partial charge in [0.2, 0.25) is 5.76 Å². The van der Waals surface area contributed by atoms with Crippen molar-refractivity contribution in [3.05, 3.63) is 65.0 Å². The van der Waals surface area contributed by atoms with Crippen LogP contribution in [0.5, 0.6) is 0 Å². The van der Waals surface area contributed by atoms with Crippen LogP contribution in [0.3, 0.4) is 0 Å². The summed E-state index contributed by atoms with van der Waals surface area (Å²) < 4.78 is 15.5. The molecule has 2 aromatic heterocycles. The molecule has 0 radical (unpaired) electrons. The number of aromatic nitrogens is 1. The number of nitrogens with zero attached hydrogens (tertiary/aromatic N) is 1. The highest BCUT2D eigenvalue weighted by atomic mass is 35.5. The highest BCUT2D eigenvalue weighted by Crippen LogP contribution is 2.20. The van der Waals surface area contributed by atoms with E-state index >= 15 is 0 Å². The molecule has 5 nitrogen and oxygen atoms in total. The minimum absolute atomic E-state index is 0.0522. The third-order valence-electron chi connectivity index (χ3n) is 2.97. The molecule has 0 aliphatic carbocycles. The molecule has 3 aromatic rings. The van der Waals surface area contributed by atoms with Gasteiger partial charge in [0.05, 0.1) is 12.7 Å². The Kier molecular flexibility index (Phi) is 4.25. The lowest BCUT2D eigenvalue weighted by Crippen LogP contribution is -2.08. The Morgan fingerprint density at radius 3 is 2.73 bits per heavy atom. The predicted octanol–water partition coefficient (Wildman–Crippen LogP) is 3.87. The summed E-state index contributed by atoms with van der Waals surface area (Å²) in [5, 5.41) is 4.46. The number of rotatable bonds is 5. The van der Waals surface area contributed by atoms with Crippen LogP contribution in [0.2, 0.25) is 5.02 Å². The molecule has 22 heavy (non-hydrogen) atoms. The first-order valence-electron chi connectivity index (χ1n) is 6.60. The molecule has 1 aromatic carbocycles. The summed E-state index contributed by atoms with van der Waals surface area (Å²) in [5.41, 5.74) is 1.36. The molecule has 0 spiro atoms. The summed E-state index contributed by atoms with van der Waals surface area (Å²) in [5.74, 6) is 0.727. The van der Waals surface area contributed by atoms with Gasteiger partial charge in [0.15, 0.2) is 5.76 Å². The second kappa shape index (κ2) is 6.49. The molecule has 0 atom stereocenters. The van der Waals surface area contributed by atoms with Crippen LogP contribution in [0.25, 0.3) is 11.5 Å². The number of furan rings is 1. The summed E-state index contributed by atoms with van der Waals surface area (Å²) in [4.78, 5) is 11.8. The Morgan fingerprint density at radius 2 is 2.00 bits per heavy atom. The first-order chi connectivity index (χ1) is 10.7. The summed E-state index contributed by atoms with van der Waals surface area (Å²) in [6.07, 6.45) is 1.73. The van der Waals surface area contributed by atoms with Crippen LogP contribution in [0.1, 0.15) is 11.3 Å². The molecule has 0 unspecified atom stereocenters. The van der Waals surface area contributed by atoms with Gasteiger partial charge in [-0.15, -0.1) is 0 Å². The molecular formula is C16H12ClNO4. The van der Waals surface area contributed by atoms with E-state index in [9.17, 15) is 4.79 Å². The van der Waals surface area contributed by atoms with Crippen molar-refractivity contribution in [1.82, 2.24) is 5.16 Å². The number of carbonyl (C=O) groups is 1.